The molecule has 0 aliphatic heterocycles. The molecular formula is C25H50N4O6. The van der Waals surface area contributed by atoms with Crippen LogP contribution >= 0.6 is 0 Å². The summed E-state index contributed by atoms with van der Waals surface area (Å²) in [5.41, 5.74) is -1.11. The van der Waals surface area contributed by atoms with Crippen LogP contribution < -0.4 is 16.0 Å². The molecule has 10 nitrogen and oxygen atoms in total. The van der Waals surface area contributed by atoms with Gasteiger partial charge < -0.3 is 35.4 Å². The summed E-state index contributed by atoms with van der Waals surface area (Å²) >= 11 is 0. The molecule has 35 heavy (non-hydrogen) atoms. The second-order valence-corrected chi connectivity index (χ2v) is 11.5. The van der Waals surface area contributed by atoms with E-state index in [1.807, 2.05) is 41.5 Å². The van der Waals surface area contributed by atoms with Crippen molar-refractivity contribution in [3.05, 3.63) is 0 Å². The molecule has 0 spiro atoms. The molecule has 0 saturated heterocycles. The summed E-state index contributed by atoms with van der Waals surface area (Å²) in [6.07, 6.45) is 0.885. The van der Waals surface area contributed by atoms with Gasteiger partial charge in [0.25, 0.3) is 0 Å². The maximum Gasteiger partial charge on any atom is 0.407 e. The number of alkyl carbamates (subject to hydrolysis) is 2. The van der Waals surface area contributed by atoms with Crippen molar-refractivity contribution in [1.29, 1.82) is 0 Å². The van der Waals surface area contributed by atoms with E-state index in [0.717, 1.165) is 25.8 Å². The molecule has 0 aromatic heterocycles. The lowest BCUT2D eigenvalue weighted by molar-refractivity contribution is 0.0488. The molecule has 3 amide bonds. The van der Waals surface area contributed by atoms with Crippen molar-refractivity contribution in [2.24, 2.45) is 0 Å². The molecule has 0 radical (unpaired) electrons. The first-order valence-electron chi connectivity index (χ1n) is 12.6. The van der Waals surface area contributed by atoms with Gasteiger partial charge in [-0.3, -0.25) is 0 Å². The standard InChI is InChI=1S/C25H50N4O6/c1-17(15-18(2)27-21(30)34-24(5,6)7)26-13-11-12-14-29(23(32)33)20(4)16-19(3)28-22(31)35-25(8,9)10/h17-20,26H,11-16H2,1-10H3,(H,27,30)(H,28,31)(H,32,33). The number of carbonyl (C=O) groups is 3. The van der Waals surface area contributed by atoms with Gasteiger partial charge in [-0.1, -0.05) is 0 Å². The first-order valence-corrected chi connectivity index (χ1v) is 12.6. The number of amides is 3. The number of ether oxygens (including phenoxy) is 2. The Morgan fingerprint density at radius 2 is 1.23 bits per heavy atom. The molecule has 0 aromatic rings. The molecule has 0 fully saturated rings. The van der Waals surface area contributed by atoms with Crippen molar-refractivity contribution < 1.29 is 29.0 Å². The van der Waals surface area contributed by atoms with Gasteiger partial charge in [0, 0.05) is 30.7 Å². The predicted octanol–water partition coefficient (Wildman–Crippen LogP) is 4.72. The van der Waals surface area contributed by atoms with Crippen molar-refractivity contribution in [3.63, 3.8) is 0 Å². The zero-order valence-corrected chi connectivity index (χ0v) is 23.5. The third-order valence-electron chi connectivity index (χ3n) is 5.02. The smallest absolute Gasteiger partial charge is 0.407 e. The molecule has 206 valence electrons. The largest absolute Gasteiger partial charge is 0.465 e. The molecule has 0 bridgehead atoms. The van der Waals surface area contributed by atoms with Gasteiger partial charge >= 0.3 is 18.3 Å². The average molecular weight is 503 g/mol. The summed E-state index contributed by atoms with van der Waals surface area (Å²) < 4.78 is 10.5. The Morgan fingerprint density at radius 3 is 1.66 bits per heavy atom. The van der Waals surface area contributed by atoms with Crippen LogP contribution in [0.3, 0.4) is 0 Å². The second-order valence-electron chi connectivity index (χ2n) is 11.5. The van der Waals surface area contributed by atoms with Gasteiger partial charge in [0.15, 0.2) is 0 Å². The highest BCUT2D eigenvalue weighted by Gasteiger charge is 2.23. The first-order chi connectivity index (χ1) is 15.9. The van der Waals surface area contributed by atoms with Crippen molar-refractivity contribution in [2.75, 3.05) is 13.1 Å². The molecule has 4 unspecified atom stereocenters. The van der Waals surface area contributed by atoms with Crippen molar-refractivity contribution in [3.8, 4) is 0 Å². The third-order valence-corrected chi connectivity index (χ3v) is 5.02. The number of hydrogen-bond donors (Lipinski definition) is 4. The summed E-state index contributed by atoms with van der Waals surface area (Å²) in [5, 5.41) is 18.7. The van der Waals surface area contributed by atoms with E-state index in [1.54, 1.807) is 20.8 Å². The number of hydrogen-bond acceptors (Lipinski definition) is 6. The Labute approximate surface area is 211 Å². The molecule has 0 rings (SSSR count). The fourth-order valence-electron chi connectivity index (χ4n) is 3.65. The SMILES string of the molecule is CC(CC(C)NC(=O)OC(C)(C)C)NCCCCN(C(=O)O)C(C)CC(C)NC(=O)OC(C)(C)C. The highest BCUT2D eigenvalue weighted by atomic mass is 16.6. The Hall–Kier alpha value is -2.23. The third kappa shape index (κ3) is 17.8. The van der Waals surface area contributed by atoms with E-state index in [4.69, 9.17) is 9.47 Å². The molecule has 0 heterocycles. The zero-order chi connectivity index (χ0) is 27.4. The van der Waals surface area contributed by atoms with Gasteiger partial charge in [-0.2, -0.15) is 0 Å². The average Bonchev–Trinajstić information content (AvgIpc) is 2.59. The zero-order valence-electron chi connectivity index (χ0n) is 23.5. The summed E-state index contributed by atoms with van der Waals surface area (Å²) in [6.45, 7) is 19.7. The number of nitrogens with one attached hydrogen (secondary N) is 3. The van der Waals surface area contributed by atoms with Crippen LogP contribution in [0.1, 0.15) is 94.9 Å². The van der Waals surface area contributed by atoms with Crippen molar-refractivity contribution >= 4 is 18.3 Å². The van der Waals surface area contributed by atoms with Crippen LogP contribution in [0.2, 0.25) is 0 Å². The number of unbranched alkanes of at least 4 members (excludes halogenated alkanes) is 1. The van der Waals surface area contributed by atoms with Gasteiger partial charge in [0.05, 0.1) is 0 Å². The number of nitrogens with zero attached hydrogens (tertiary/aromatic N) is 1. The molecule has 0 aliphatic rings. The van der Waals surface area contributed by atoms with Crippen molar-refractivity contribution in [2.45, 2.75) is 130 Å². The molecular weight excluding hydrogens is 452 g/mol. The van der Waals surface area contributed by atoms with Crippen LogP contribution in [0.25, 0.3) is 0 Å². The number of rotatable bonds is 13. The number of carbonyl (C=O) groups excluding carboxylic acids is 2. The predicted molar refractivity (Wildman–Crippen MR) is 138 cm³/mol. The summed E-state index contributed by atoms with van der Waals surface area (Å²) in [4.78, 5) is 37.0. The van der Waals surface area contributed by atoms with Gasteiger partial charge in [0.2, 0.25) is 0 Å². The first kappa shape index (κ1) is 32.8. The fraction of sp³-hybridized carbons (Fsp3) is 0.880. The van der Waals surface area contributed by atoms with E-state index >= 15 is 0 Å². The van der Waals surface area contributed by atoms with E-state index in [-0.39, 0.29) is 24.2 Å². The minimum atomic E-state index is -0.967. The van der Waals surface area contributed by atoms with Gasteiger partial charge in [-0.25, -0.2) is 14.4 Å². The van der Waals surface area contributed by atoms with E-state index in [1.165, 1.54) is 4.90 Å². The Bertz CT molecular complexity index is 659. The highest BCUT2D eigenvalue weighted by molar-refractivity contribution is 5.68. The van der Waals surface area contributed by atoms with Gasteiger partial charge in [-0.15, -0.1) is 0 Å². The van der Waals surface area contributed by atoms with Crippen LogP contribution in [-0.2, 0) is 9.47 Å². The molecule has 0 aliphatic carbocycles. The van der Waals surface area contributed by atoms with E-state index in [9.17, 15) is 19.5 Å². The molecule has 0 saturated carbocycles. The lowest BCUT2D eigenvalue weighted by Crippen LogP contribution is -2.44. The van der Waals surface area contributed by atoms with E-state index in [2.05, 4.69) is 22.9 Å². The summed E-state index contributed by atoms with van der Waals surface area (Å²) in [5.74, 6) is 0. The minimum Gasteiger partial charge on any atom is -0.465 e. The quantitative estimate of drug-likeness (QED) is 0.268. The summed E-state index contributed by atoms with van der Waals surface area (Å²) in [7, 11) is 0. The second kappa shape index (κ2) is 15.0. The molecule has 4 atom stereocenters. The topological polar surface area (TPSA) is 129 Å². The highest BCUT2D eigenvalue weighted by Crippen LogP contribution is 2.12. The van der Waals surface area contributed by atoms with E-state index < -0.39 is 29.5 Å². The van der Waals surface area contributed by atoms with Gasteiger partial charge in [0.1, 0.15) is 11.2 Å². The summed E-state index contributed by atoms with van der Waals surface area (Å²) in [6, 6.07) is -0.314. The lowest BCUT2D eigenvalue weighted by atomic mass is 10.1. The fourth-order valence-corrected chi connectivity index (χ4v) is 3.65. The molecule has 0 aromatic carbocycles. The van der Waals surface area contributed by atoms with Crippen LogP contribution in [0.15, 0.2) is 0 Å². The van der Waals surface area contributed by atoms with Gasteiger partial charge in [-0.05, 0) is 101 Å². The van der Waals surface area contributed by atoms with Crippen LogP contribution in [0.4, 0.5) is 14.4 Å². The normalized spacial score (nSPS) is 15.4. The number of carboxylic acid groups (broad SMARTS) is 1. The monoisotopic (exact) mass is 502 g/mol. The van der Waals surface area contributed by atoms with Crippen molar-refractivity contribution in [1.82, 2.24) is 20.9 Å². The minimum absolute atomic E-state index is 0.0352. The van der Waals surface area contributed by atoms with Crippen LogP contribution in [0, 0.1) is 0 Å². The molecule has 4 N–H and O–H groups in total. The van der Waals surface area contributed by atoms with Crippen LogP contribution in [0.5, 0.6) is 0 Å². The van der Waals surface area contributed by atoms with Crippen LogP contribution in [-0.4, -0.2) is 76.7 Å². The Kier molecular flexibility index (Phi) is 14.1. The molecule has 10 heteroatoms. The Balaban J connectivity index is 4.31. The Morgan fingerprint density at radius 1 is 0.771 bits per heavy atom. The maximum atomic E-state index is 11.9. The lowest BCUT2D eigenvalue weighted by Gasteiger charge is -2.29. The maximum absolute atomic E-state index is 11.9. The van der Waals surface area contributed by atoms with E-state index in [0.29, 0.717) is 13.0 Å².